The molecule has 1 aromatic rings. The van der Waals surface area contributed by atoms with Gasteiger partial charge < -0.3 is 39.8 Å². The lowest BCUT2D eigenvalue weighted by Gasteiger charge is -2.20. The molecule has 14 heteroatoms. The molecule has 0 amide bonds. The Morgan fingerprint density at radius 3 is 2.00 bits per heavy atom. The molecule has 326 valence electrons. The van der Waals surface area contributed by atoms with Crippen molar-refractivity contribution in [1.29, 1.82) is 0 Å². The number of nitrogens with two attached hydrogens (primary N) is 1. The van der Waals surface area contributed by atoms with Crippen LogP contribution < -0.4 is 5.73 Å². The van der Waals surface area contributed by atoms with E-state index >= 15 is 0 Å². The number of ether oxygens (including phenoxy) is 2. The van der Waals surface area contributed by atoms with Crippen molar-refractivity contribution in [3.8, 4) is 0 Å². The van der Waals surface area contributed by atoms with Crippen molar-refractivity contribution < 1.29 is 57.3 Å². The quantitative estimate of drug-likeness (QED) is 0.0195. The van der Waals surface area contributed by atoms with E-state index in [-0.39, 0.29) is 45.4 Å². The van der Waals surface area contributed by atoms with Crippen LogP contribution in [-0.4, -0.2) is 82.9 Å². The second kappa shape index (κ2) is 32.0. The molecule has 1 unspecified atom stereocenters. The van der Waals surface area contributed by atoms with Crippen molar-refractivity contribution in [2.75, 3.05) is 26.4 Å². The molecule has 1 heterocycles. The molecule has 0 fully saturated rings. The fourth-order valence-corrected chi connectivity index (χ4v) is 6.53. The van der Waals surface area contributed by atoms with E-state index in [1.54, 1.807) is 42.5 Å². The Balaban J connectivity index is 2.44. The first kappa shape index (κ1) is 52.1. The summed E-state index contributed by atoms with van der Waals surface area (Å²) in [6.45, 7) is 7.32. The molecule has 0 bridgehead atoms. The summed E-state index contributed by atoms with van der Waals surface area (Å²) in [4.78, 5) is 35.0. The SMILES string of the molecule is CCCCC[C@H](O)/C=C/C=C\C=C\C=C\[C@H](O)[C@@H](O)CCCC(=O)O[C@H](COC(=O)CCCCCCCCc1oc(CCC)c(C)c1C)COP(=O)(O)OCCN. The van der Waals surface area contributed by atoms with Crippen molar-refractivity contribution >= 4 is 19.8 Å². The largest absolute Gasteiger partial charge is 0.472 e. The molecular weight excluding hydrogens is 753 g/mol. The maximum atomic E-state index is 12.6. The average Bonchev–Trinajstić information content (AvgIpc) is 3.44. The predicted octanol–water partition coefficient (Wildman–Crippen LogP) is 7.73. The van der Waals surface area contributed by atoms with Crippen molar-refractivity contribution in [3.63, 3.8) is 0 Å². The van der Waals surface area contributed by atoms with Crippen LogP contribution in [0.5, 0.6) is 0 Å². The van der Waals surface area contributed by atoms with Crippen LogP contribution in [-0.2, 0) is 45.5 Å². The summed E-state index contributed by atoms with van der Waals surface area (Å²) >= 11 is 0. The minimum Gasteiger partial charge on any atom is -0.466 e. The number of unbranched alkanes of at least 4 members (excludes halogenated alkanes) is 7. The Bertz CT molecular complexity index is 1400. The van der Waals surface area contributed by atoms with Gasteiger partial charge in [0, 0.05) is 32.2 Å². The van der Waals surface area contributed by atoms with Crippen LogP contribution in [0.25, 0.3) is 0 Å². The highest BCUT2D eigenvalue weighted by atomic mass is 31.2. The van der Waals surface area contributed by atoms with Crippen molar-refractivity contribution in [1.82, 2.24) is 0 Å². The number of phosphoric ester groups is 1. The number of hydrogen-bond acceptors (Lipinski definition) is 12. The molecule has 0 saturated carbocycles. The fourth-order valence-electron chi connectivity index (χ4n) is 5.77. The van der Waals surface area contributed by atoms with E-state index in [1.165, 1.54) is 17.2 Å². The zero-order chi connectivity index (χ0) is 42.3. The van der Waals surface area contributed by atoms with Gasteiger partial charge in [0.1, 0.15) is 18.1 Å². The Labute approximate surface area is 341 Å². The normalized spacial score (nSPS) is 15.5. The van der Waals surface area contributed by atoms with Crippen LogP contribution in [0, 0.1) is 13.8 Å². The van der Waals surface area contributed by atoms with E-state index in [2.05, 4.69) is 27.7 Å². The number of allylic oxidation sites excluding steroid dienone is 6. The highest BCUT2D eigenvalue weighted by Crippen LogP contribution is 2.43. The highest BCUT2D eigenvalue weighted by molar-refractivity contribution is 7.47. The number of aliphatic hydroxyl groups excluding tert-OH is 3. The first-order valence-corrected chi connectivity index (χ1v) is 22.3. The number of furan rings is 1. The zero-order valence-electron chi connectivity index (χ0n) is 34.9. The van der Waals surface area contributed by atoms with Crippen LogP contribution in [0.3, 0.4) is 0 Å². The minimum absolute atomic E-state index is 0.0117. The summed E-state index contributed by atoms with van der Waals surface area (Å²) in [5.74, 6) is 0.990. The first-order valence-electron chi connectivity index (χ1n) is 20.8. The van der Waals surface area contributed by atoms with E-state index in [1.807, 2.05) is 0 Å². The molecule has 0 saturated heterocycles. The molecule has 0 aliphatic carbocycles. The molecule has 13 nitrogen and oxygen atoms in total. The van der Waals surface area contributed by atoms with Crippen LogP contribution in [0.4, 0.5) is 0 Å². The Kier molecular flexibility index (Phi) is 29.3. The third-order valence-electron chi connectivity index (χ3n) is 9.26. The van der Waals surface area contributed by atoms with E-state index < -0.39 is 50.8 Å². The number of hydrogen-bond donors (Lipinski definition) is 5. The lowest BCUT2D eigenvalue weighted by Crippen LogP contribution is -2.30. The molecule has 1 aromatic heterocycles. The van der Waals surface area contributed by atoms with Crippen LogP contribution >= 0.6 is 7.82 Å². The van der Waals surface area contributed by atoms with Gasteiger partial charge in [0.15, 0.2) is 6.10 Å². The minimum atomic E-state index is -4.49. The number of phosphoric acid groups is 1. The highest BCUT2D eigenvalue weighted by Gasteiger charge is 2.26. The van der Waals surface area contributed by atoms with Gasteiger partial charge in [-0.05, 0) is 63.5 Å². The van der Waals surface area contributed by atoms with Gasteiger partial charge in [-0.15, -0.1) is 0 Å². The molecule has 0 aromatic carbocycles. The van der Waals surface area contributed by atoms with Gasteiger partial charge in [-0.2, -0.15) is 0 Å². The van der Waals surface area contributed by atoms with Gasteiger partial charge in [0.2, 0.25) is 0 Å². The molecule has 0 aliphatic heterocycles. The number of aliphatic hydroxyl groups is 3. The standard InChI is InChI=1S/C43H72NO12P/c1-5-7-16-23-36(45)24-17-12-8-9-13-18-25-38(46)39(47)26-21-29-43(49)55-37(33-54-57(50,51)53-31-30-44)32-52-42(48)28-20-15-11-10-14-19-27-41-35(4)34(3)40(56-41)22-6-2/h8-9,12-13,17-18,24-25,36-39,45-47H,5-7,10-11,14-16,19-23,26-33,44H2,1-4H3,(H,50,51)/b12-8-,13-9+,24-17+,25-18+/t36-,37+,38-,39-/m0/s1. The van der Waals surface area contributed by atoms with Crippen molar-refractivity contribution in [2.24, 2.45) is 5.73 Å². The van der Waals surface area contributed by atoms with Gasteiger partial charge in [0.05, 0.1) is 31.5 Å². The van der Waals surface area contributed by atoms with Crippen molar-refractivity contribution in [2.45, 2.75) is 161 Å². The molecule has 1 rings (SSSR count). The fraction of sp³-hybridized carbons (Fsp3) is 0.674. The van der Waals surface area contributed by atoms with Gasteiger partial charge >= 0.3 is 19.8 Å². The van der Waals surface area contributed by atoms with Crippen LogP contribution in [0.1, 0.15) is 133 Å². The maximum absolute atomic E-state index is 12.6. The summed E-state index contributed by atoms with van der Waals surface area (Å²) in [7, 11) is -4.49. The third-order valence-corrected chi connectivity index (χ3v) is 10.2. The summed E-state index contributed by atoms with van der Waals surface area (Å²) in [6.07, 6.45) is 22.4. The van der Waals surface area contributed by atoms with Gasteiger partial charge in [-0.3, -0.25) is 18.6 Å². The second-order valence-electron chi connectivity index (χ2n) is 14.3. The van der Waals surface area contributed by atoms with Gasteiger partial charge in [-0.1, -0.05) is 107 Å². The third kappa shape index (κ3) is 26.0. The lowest BCUT2D eigenvalue weighted by atomic mass is 10.0. The molecule has 5 atom stereocenters. The van der Waals surface area contributed by atoms with E-state index in [0.717, 1.165) is 88.6 Å². The van der Waals surface area contributed by atoms with Crippen LogP contribution in [0.15, 0.2) is 53.0 Å². The lowest BCUT2D eigenvalue weighted by molar-refractivity contribution is -0.161. The predicted molar refractivity (Wildman–Crippen MR) is 222 cm³/mol. The van der Waals surface area contributed by atoms with Gasteiger partial charge in [-0.25, -0.2) is 4.57 Å². The molecular formula is C43H72NO12P. The zero-order valence-corrected chi connectivity index (χ0v) is 35.8. The second-order valence-corrected chi connectivity index (χ2v) is 15.8. The summed E-state index contributed by atoms with van der Waals surface area (Å²) in [5, 5.41) is 30.5. The van der Waals surface area contributed by atoms with E-state index in [0.29, 0.717) is 6.42 Å². The van der Waals surface area contributed by atoms with E-state index in [4.69, 9.17) is 28.7 Å². The monoisotopic (exact) mass is 825 g/mol. The summed E-state index contributed by atoms with van der Waals surface area (Å²) in [6, 6.07) is 0. The molecule has 6 N–H and O–H groups in total. The molecule has 0 spiro atoms. The smallest absolute Gasteiger partial charge is 0.466 e. The average molecular weight is 826 g/mol. The number of aryl methyl sites for hydroxylation is 2. The van der Waals surface area contributed by atoms with Gasteiger partial charge in [0.25, 0.3) is 0 Å². The molecule has 0 aliphatic rings. The molecule has 0 radical (unpaired) electrons. The topological polar surface area (TPSA) is 208 Å². The number of esters is 2. The maximum Gasteiger partial charge on any atom is 0.472 e. The number of rotatable bonds is 34. The summed E-state index contributed by atoms with van der Waals surface area (Å²) in [5.41, 5.74) is 7.85. The van der Waals surface area contributed by atoms with Crippen molar-refractivity contribution in [3.05, 3.63) is 71.3 Å². The Hall–Kier alpha value is -2.87. The summed E-state index contributed by atoms with van der Waals surface area (Å²) < 4.78 is 38.6. The Morgan fingerprint density at radius 2 is 1.33 bits per heavy atom. The first-order chi connectivity index (χ1) is 27.3. The van der Waals surface area contributed by atoms with E-state index in [9.17, 15) is 34.4 Å². The van der Waals surface area contributed by atoms with Crippen LogP contribution in [0.2, 0.25) is 0 Å². The number of carbonyl (C=O) groups excluding carboxylic acids is 2. The molecule has 57 heavy (non-hydrogen) atoms. The number of carbonyl (C=O) groups is 2. The Morgan fingerprint density at radius 1 is 0.719 bits per heavy atom.